The molecule has 1 aliphatic carbocycles. The third kappa shape index (κ3) is 7.67. The lowest BCUT2D eigenvalue weighted by Gasteiger charge is -2.21. The second kappa shape index (κ2) is 16.6. The first-order valence-corrected chi connectivity index (χ1v) is 18.6. The topological polar surface area (TPSA) is 89.6 Å². The van der Waals surface area contributed by atoms with Gasteiger partial charge in [0.25, 0.3) is 0 Å². The Kier molecular flexibility index (Phi) is 12.7. The molecule has 2 aliphatic rings. The number of nitrogens with zero attached hydrogens (tertiary/aromatic N) is 1. The molecule has 268 valence electrons. The number of nitrogen functional groups attached to an aromatic ring is 2. The summed E-state index contributed by atoms with van der Waals surface area (Å²) in [6.45, 7) is 25.0. The molecular formula is C45H56N4OS. The van der Waals surface area contributed by atoms with Crippen molar-refractivity contribution in [2.45, 2.75) is 101 Å². The van der Waals surface area contributed by atoms with E-state index < -0.39 is 0 Å². The number of nitrogens with one attached hydrogen (secondary N) is 1. The van der Waals surface area contributed by atoms with E-state index in [1.54, 1.807) is 0 Å². The zero-order chi connectivity index (χ0) is 37.7. The minimum absolute atomic E-state index is 0.748. The Morgan fingerprint density at radius 1 is 0.647 bits per heavy atom. The van der Waals surface area contributed by atoms with E-state index in [-0.39, 0.29) is 0 Å². The van der Waals surface area contributed by atoms with Crippen LogP contribution in [-0.4, -0.2) is 0 Å². The Labute approximate surface area is 311 Å². The van der Waals surface area contributed by atoms with Crippen LogP contribution in [-0.2, 0) is 0 Å². The molecule has 6 heteroatoms. The molecule has 6 rings (SSSR count). The summed E-state index contributed by atoms with van der Waals surface area (Å²) in [5.41, 5.74) is 30.1. The van der Waals surface area contributed by atoms with Gasteiger partial charge in [0.1, 0.15) is 11.3 Å². The average molecular weight is 701 g/mol. The van der Waals surface area contributed by atoms with E-state index in [4.69, 9.17) is 33.5 Å². The number of hydrogen-bond acceptors (Lipinski definition) is 6. The maximum Gasteiger partial charge on any atom is 0.137 e. The quantitative estimate of drug-likeness (QED) is 0.0819. The van der Waals surface area contributed by atoms with Gasteiger partial charge in [0.15, 0.2) is 0 Å². The van der Waals surface area contributed by atoms with Crippen LogP contribution in [0, 0.1) is 55.4 Å². The van der Waals surface area contributed by atoms with Crippen molar-refractivity contribution in [2.24, 2.45) is 4.99 Å². The molecule has 5 N–H and O–H groups in total. The molecule has 0 radical (unpaired) electrons. The number of fused-ring (bicyclic) bond motifs is 2. The number of nitrogens with two attached hydrogens (primary N) is 2. The molecule has 4 aromatic carbocycles. The monoisotopic (exact) mass is 700 g/mol. The lowest BCUT2D eigenvalue weighted by atomic mass is 9.93. The molecule has 0 saturated carbocycles. The van der Waals surface area contributed by atoms with Crippen LogP contribution in [0.1, 0.15) is 85.0 Å². The van der Waals surface area contributed by atoms with Crippen molar-refractivity contribution in [3.63, 3.8) is 0 Å². The van der Waals surface area contributed by atoms with Gasteiger partial charge >= 0.3 is 0 Å². The van der Waals surface area contributed by atoms with Crippen molar-refractivity contribution in [3.8, 4) is 22.5 Å². The van der Waals surface area contributed by atoms with Crippen molar-refractivity contribution in [3.05, 3.63) is 111 Å². The summed E-state index contributed by atoms with van der Waals surface area (Å²) in [5.74, 6) is 0.748. The zero-order valence-electron chi connectivity index (χ0n) is 32.6. The van der Waals surface area contributed by atoms with Crippen LogP contribution in [0.3, 0.4) is 0 Å². The van der Waals surface area contributed by atoms with Crippen molar-refractivity contribution in [1.82, 2.24) is 0 Å². The molecule has 1 aliphatic heterocycles. The Morgan fingerprint density at radius 3 is 1.75 bits per heavy atom. The molecule has 0 spiro atoms. The first-order chi connectivity index (χ1) is 24.3. The Morgan fingerprint density at radius 2 is 1.20 bits per heavy atom. The lowest BCUT2D eigenvalue weighted by molar-refractivity contribution is 0.619. The average Bonchev–Trinajstić information content (AvgIpc) is 3.15. The standard InChI is InChI=1S/C39H40N4OS.C4H10.C2H6/c1-19-23(5)38(24(6)20(2)36(19)40)42-27-13-15-29-32(17-27)44-33-18-28(43-39-25(7)21(3)37(41)22(4)26(39)8)14-16-30(33)35(29)31-11-9-10-12-34(31)45;1-3-4-2;1-2/h9-18,42,45H,40-41H2,1-8H3;3-4H2,1-2H3;1-2H3. The second-order valence-electron chi connectivity index (χ2n) is 13.2. The molecule has 0 atom stereocenters. The SMILES string of the molecule is CC.CCCC.Cc1c(C)c(N=c2ccc3c(-c4ccccc4S)c4ccc(Nc5c(C)c(C)c(N)c(C)c5C)cc4oc-3c2)c(C)c(C)c1N. The van der Waals surface area contributed by atoms with E-state index in [0.29, 0.717) is 0 Å². The molecule has 51 heavy (non-hydrogen) atoms. The van der Waals surface area contributed by atoms with E-state index in [1.165, 1.54) is 12.8 Å². The fourth-order valence-electron chi connectivity index (χ4n) is 6.29. The van der Waals surface area contributed by atoms with Crippen LogP contribution < -0.4 is 22.1 Å². The third-order valence-electron chi connectivity index (χ3n) is 10.2. The normalized spacial score (nSPS) is 11.3. The number of anilines is 4. The van der Waals surface area contributed by atoms with E-state index in [9.17, 15) is 0 Å². The molecule has 0 bridgehead atoms. The van der Waals surface area contributed by atoms with Gasteiger partial charge in [-0.2, -0.15) is 0 Å². The van der Waals surface area contributed by atoms with Crippen LogP contribution in [0.15, 0.2) is 75.0 Å². The van der Waals surface area contributed by atoms with E-state index in [2.05, 4.69) is 111 Å². The van der Waals surface area contributed by atoms with Gasteiger partial charge in [-0.1, -0.05) is 58.7 Å². The smallest absolute Gasteiger partial charge is 0.137 e. The number of unbranched alkanes of at least 4 members (excludes halogenated alkanes) is 1. The van der Waals surface area contributed by atoms with Crippen molar-refractivity contribution >= 4 is 52.0 Å². The summed E-state index contributed by atoms with van der Waals surface area (Å²) in [6, 6.07) is 20.7. The van der Waals surface area contributed by atoms with Gasteiger partial charge in [-0.25, -0.2) is 4.99 Å². The van der Waals surface area contributed by atoms with E-state index >= 15 is 0 Å². The first-order valence-electron chi connectivity index (χ1n) is 18.1. The van der Waals surface area contributed by atoms with Gasteiger partial charge in [0.05, 0.1) is 11.0 Å². The van der Waals surface area contributed by atoms with Crippen molar-refractivity contribution in [1.29, 1.82) is 0 Å². The predicted octanol–water partition coefficient (Wildman–Crippen LogP) is 12.9. The zero-order valence-corrected chi connectivity index (χ0v) is 33.5. The molecule has 0 saturated heterocycles. The molecule has 5 nitrogen and oxygen atoms in total. The van der Waals surface area contributed by atoms with E-state index in [1.807, 2.05) is 38.1 Å². The highest BCUT2D eigenvalue weighted by molar-refractivity contribution is 7.80. The van der Waals surface area contributed by atoms with Crippen LogP contribution in [0.5, 0.6) is 0 Å². The van der Waals surface area contributed by atoms with Gasteiger partial charge in [-0.05, 0) is 136 Å². The Hall–Kier alpha value is -4.68. The largest absolute Gasteiger partial charge is 0.456 e. The Balaban J connectivity index is 0.000000909. The van der Waals surface area contributed by atoms with Gasteiger partial charge in [0, 0.05) is 56.3 Å². The molecule has 0 fully saturated rings. The fourth-order valence-corrected chi connectivity index (χ4v) is 6.57. The summed E-state index contributed by atoms with van der Waals surface area (Å²) < 4.78 is 6.69. The minimum Gasteiger partial charge on any atom is -0.456 e. The highest BCUT2D eigenvalue weighted by atomic mass is 32.1. The van der Waals surface area contributed by atoms with Crippen LogP contribution in [0.4, 0.5) is 28.4 Å². The van der Waals surface area contributed by atoms with Crippen LogP contribution in [0.25, 0.3) is 33.4 Å². The van der Waals surface area contributed by atoms with Crippen molar-refractivity contribution in [2.75, 3.05) is 16.8 Å². The number of thiol groups is 1. The fraction of sp³-hybridized carbons (Fsp3) is 0.311. The molecule has 1 heterocycles. The highest BCUT2D eigenvalue weighted by Gasteiger charge is 2.20. The highest BCUT2D eigenvalue weighted by Crippen LogP contribution is 2.43. The summed E-state index contributed by atoms with van der Waals surface area (Å²) in [7, 11) is 0. The van der Waals surface area contributed by atoms with Crippen molar-refractivity contribution < 1.29 is 4.42 Å². The maximum atomic E-state index is 6.69. The summed E-state index contributed by atoms with van der Waals surface area (Å²) in [6.07, 6.45) is 2.64. The lowest BCUT2D eigenvalue weighted by Crippen LogP contribution is -2.05. The number of rotatable bonds is 5. The van der Waals surface area contributed by atoms with Gasteiger partial charge in [-0.3, -0.25) is 0 Å². The molecular weight excluding hydrogens is 645 g/mol. The van der Waals surface area contributed by atoms with Gasteiger partial charge < -0.3 is 21.2 Å². The number of benzene rings is 5. The van der Waals surface area contributed by atoms with Crippen LogP contribution in [0.2, 0.25) is 0 Å². The van der Waals surface area contributed by atoms with Gasteiger partial charge in [-0.15, -0.1) is 12.6 Å². The summed E-state index contributed by atoms with van der Waals surface area (Å²) >= 11 is 4.85. The number of hydrogen-bond donors (Lipinski definition) is 4. The summed E-state index contributed by atoms with van der Waals surface area (Å²) in [4.78, 5) is 6.02. The molecule has 4 aromatic rings. The van der Waals surface area contributed by atoms with Crippen LogP contribution >= 0.6 is 12.6 Å². The summed E-state index contributed by atoms with van der Waals surface area (Å²) in [5, 5.41) is 5.50. The Bertz CT molecular complexity index is 2190. The minimum atomic E-state index is 0.748. The molecule has 0 amide bonds. The third-order valence-corrected chi connectivity index (χ3v) is 10.6. The van der Waals surface area contributed by atoms with Gasteiger partial charge in [0.2, 0.25) is 0 Å². The second-order valence-corrected chi connectivity index (χ2v) is 13.7. The maximum absolute atomic E-state index is 6.69. The molecule has 0 aromatic heterocycles. The predicted molar refractivity (Wildman–Crippen MR) is 226 cm³/mol. The van der Waals surface area contributed by atoms with E-state index in [0.717, 1.165) is 117 Å². The molecule has 0 unspecified atom stereocenters. The first kappa shape index (κ1) is 39.1.